The number of ether oxygens (including phenoxy) is 1. The van der Waals surface area contributed by atoms with Crippen LogP contribution in [-0.2, 0) is 23.1 Å². The van der Waals surface area contributed by atoms with Gasteiger partial charge in [-0.05, 0) is 25.1 Å². The Morgan fingerprint density at radius 3 is 2.64 bits per heavy atom. The number of benzene rings is 1. The van der Waals surface area contributed by atoms with Crippen molar-refractivity contribution in [3.63, 3.8) is 0 Å². The first-order valence-electron chi connectivity index (χ1n) is 8.75. The molecule has 3 rings (SSSR count). The van der Waals surface area contributed by atoms with Crippen LogP contribution in [0.15, 0.2) is 29.1 Å². The number of methoxy groups -OCH3 is 1. The molecule has 25 heavy (non-hydrogen) atoms. The lowest BCUT2D eigenvalue weighted by Crippen LogP contribution is -2.39. The Morgan fingerprint density at radius 2 is 1.88 bits per heavy atom. The first kappa shape index (κ1) is 17.7. The first-order chi connectivity index (χ1) is 12.1. The fourth-order valence-electron chi connectivity index (χ4n) is 3.42. The molecule has 2 aromatic rings. The van der Waals surface area contributed by atoms with E-state index in [1.54, 1.807) is 23.3 Å². The molecule has 7 nitrogen and oxygen atoms in total. The van der Waals surface area contributed by atoms with Crippen molar-refractivity contribution in [3.8, 4) is 0 Å². The van der Waals surface area contributed by atoms with Crippen molar-refractivity contribution < 1.29 is 9.53 Å². The molecule has 0 aliphatic carbocycles. The predicted molar refractivity (Wildman–Crippen MR) is 96.7 cm³/mol. The molecule has 1 aromatic carbocycles. The lowest BCUT2D eigenvalue weighted by atomic mass is 10.3. The van der Waals surface area contributed by atoms with Crippen LogP contribution >= 0.6 is 0 Å². The number of rotatable bonds is 5. The zero-order valence-electron chi connectivity index (χ0n) is 15.0. The van der Waals surface area contributed by atoms with Crippen LogP contribution in [0.5, 0.6) is 0 Å². The number of aromatic nitrogens is 2. The summed E-state index contributed by atoms with van der Waals surface area (Å²) < 4.78 is 8.30. The van der Waals surface area contributed by atoms with Crippen molar-refractivity contribution in [1.29, 1.82) is 0 Å². The third kappa shape index (κ3) is 3.77. The van der Waals surface area contributed by atoms with E-state index in [4.69, 9.17) is 4.74 Å². The number of para-hydroxylation sites is 2. The highest BCUT2D eigenvalue weighted by Crippen LogP contribution is 2.12. The topological polar surface area (TPSA) is 59.7 Å². The predicted octanol–water partition coefficient (Wildman–Crippen LogP) is 0.521. The first-order valence-corrected chi connectivity index (χ1v) is 8.75. The van der Waals surface area contributed by atoms with Crippen molar-refractivity contribution >= 4 is 16.9 Å². The fourth-order valence-corrected chi connectivity index (χ4v) is 3.42. The van der Waals surface area contributed by atoms with Crippen LogP contribution in [0.1, 0.15) is 6.42 Å². The van der Waals surface area contributed by atoms with Gasteiger partial charge in [0.2, 0.25) is 5.91 Å². The van der Waals surface area contributed by atoms with E-state index >= 15 is 0 Å². The lowest BCUT2D eigenvalue weighted by molar-refractivity contribution is -0.131. The number of hydrogen-bond acceptors (Lipinski definition) is 4. The molecule has 7 heteroatoms. The normalized spacial score (nSPS) is 16.3. The number of carbonyl (C=O) groups excluding carboxylic acids is 1. The maximum atomic E-state index is 12.8. The van der Waals surface area contributed by atoms with Gasteiger partial charge in [-0.25, -0.2) is 4.79 Å². The minimum atomic E-state index is -0.147. The van der Waals surface area contributed by atoms with Gasteiger partial charge in [-0.15, -0.1) is 0 Å². The van der Waals surface area contributed by atoms with Crippen molar-refractivity contribution in [2.45, 2.75) is 13.0 Å². The quantitative estimate of drug-likeness (QED) is 0.792. The van der Waals surface area contributed by atoms with Crippen LogP contribution in [0.25, 0.3) is 11.0 Å². The van der Waals surface area contributed by atoms with Gasteiger partial charge in [0, 0.05) is 40.3 Å². The molecule has 2 heterocycles. The fraction of sp³-hybridized carbons (Fsp3) is 0.556. The molecular formula is C18H26N4O3. The molecule has 1 aliphatic rings. The van der Waals surface area contributed by atoms with Gasteiger partial charge in [0.15, 0.2) is 0 Å². The number of nitrogens with zero attached hydrogens (tertiary/aromatic N) is 4. The van der Waals surface area contributed by atoms with E-state index in [1.807, 2.05) is 29.2 Å². The second-order valence-corrected chi connectivity index (χ2v) is 6.49. The summed E-state index contributed by atoms with van der Waals surface area (Å²) in [6, 6.07) is 7.58. The highest BCUT2D eigenvalue weighted by molar-refractivity contribution is 5.81. The SMILES string of the molecule is COCCN1CCCN(C(=O)Cn2c(=O)n(C)c3ccccc32)CC1. The molecule has 0 atom stereocenters. The van der Waals surface area contributed by atoms with Crippen LogP contribution < -0.4 is 5.69 Å². The highest BCUT2D eigenvalue weighted by Gasteiger charge is 2.21. The van der Waals surface area contributed by atoms with E-state index in [1.165, 1.54) is 0 Å². The van der Waals surface area contributed by atoms with E-state index in [9.17, 15) is 9.59 Å². The summed E-state index contributed by atoms with van der Waals surface area (Å²) in [6.45, 7) is 4.95. The molecule has 0 spiro atoms. The molecule has 136 valence electrons. The Morgan fingerprint density at radius 1 is 1.12 bits per heavy atom. The summed E-state index contributed by atoms with van der Waals surface area (Å²) in [6.07, 6.45) is 0.944. The zero-order chi connectivity index (χ0) is 17.8. The molecule has 0 unspecified atom stereocenters. The van der Waals surface area contributed by atoms with Gasteiger partial charge in [-0.3, -0.25) is 18.8 Å². The van der Waals surface area contributed by atoms with Gasteiger partial charge in [0.05, 0.1) is 17.6 Å². The van der Waals surface area contributed by atoms with Crippen molar-refractivity contribution in [2.75, 3.05) is 46.4 Å². The molecular weight excluding hydrogens is 320 g/mol. The molecule has 1 amide bonds. The molecule has 0 N–H and O–H groups in total. The van der Waals surface area contributed by atoms with E-state index in [2.05, 4.69) is 4.90 Å². The van der Waals surface area contributed by atoms with Gasteiger partial charge in [-0.1, -0.05) is 12.1 Å². The Labute approximate surface area is 147 Å². The monoisotopic (exact) mass is 346 g/mol. The number of carbonyl (C=O) groups is 1. The second-order valence-electron chi connectivity index (χ2n) is 6.49. The average Bonchev–Trinajstić information content (AvgIpc) is 2.80. The summed E-state index contributed by atoms with van der Waals surface area (Å²) >= 11 is 0. The Balaban J connectivity index is 1.71. The van der Waals surface area contributed by atoms with Crippen LogP contribution in [0.3, 0.4) is 0 Å². The molecule has 0 saturated carbocycles. The van der Waals surface area contributed by atoms with E-state index < -0.39 is 0 Å². The minimum Gasteiger partial charge on any atom is -0.383 e. The maximum absolute atomic E-state index is 12.8. The van der Waals surface area contributed by atoms with E-state index in [0.29, 0.717) is 13.2 Å². The van der Waals surface area contributed by atoms with Crippen LogP contribution in [0, 0.1) is 0 Å². The minimum absolute atomic E-state index is 0.00652. The maximum Gasteiger partial charge on any atom is 0.329 e. The van der Waals surface area contributed by atoms with Crippen molar-refractivity contribution in [2.24, 2.45) is 7.05 Å². The summed E-state index contributed by atoms with van der Waals surface area (Å²) in [5.41, 5.74) is 1.51. The standard InChI is InChI=1S/C18H26N4O3/c1-19-15-6-3-4-7-16(15)22(18(19)24)14-17(23)21-9-5-8-20(10-11-21)12-13-25-2/h3-4,6-7H,5,8-14H2,1-2H3. The lowest BCUT2D eigenvalue weighted by Gasteiger charge is -2.22. The number of imidazole rings is 1. The average molecular weight is 346 g/mol. The Kier molecular flexibility index (Phi) is 5.55. The zero-order valence-corrected chi connectivity index (χ0v) is 15.0. The highest BCUT2D eigenvalue weighted by atomic mass is 16.5. The van der Waals surface area contributed by atoms with Crippen LogP contribution in [-0.4, -0.2) is 71.3 Å². The van der Waals surface area contributed by atoms with Gasteiger partial charge in [0.1, 0.15) is 6.54 Å². The molecule has 1 saturated heterocycles. The van der Waals surface area contributed by atoms with E-state index in [-0.39, 0.29) is 18.1 Å². The summed E-state index contributed by atoms with van der Waals surface area (Å²) in [5, 5.41) is 0. The van der Waals surface area contributed by atoms with Crippen LogP contribution in [0.2, 0.25) is 0 Å². The van der Waals surface area contributed by atoms with Gasteiger partial charge < -0.3 is 9.64 Å². The summed E-state index contributed by atoms with van der Waals surface area (Å²) in [5.74, 6) is 0.00652. The third-order valence-electron chi connectivity index (χ3n) is 4.90. The van der Waals surface area contributed by atoms with E-state index in [0.717, 1.165) is 43.6 Å². The Bertz CT molecular complexity index is 795. The third-order valence-corrected chi connectivity index (χ3v) is 4.90. The second kappa shape index (κ2) is 7.84. The summed E-state index contributed by atoms with van der Waals surface area (Å²) in [7, 11) is 3.45. The number of fused-ring (bicyclic) bond motifs is 1. The molecule has 1 aliphatic heterocycles. The van der Waals surface area contributed by atoms with Gasteiger partial charge in [0.25, 0.3) is 0 Å². The molecule has 0 bridgehead atoms. The van der Waals surface area contributed by atoms with Crippen molar-refractivity contribution in [1.82, 2.24) is 18.9 Å². The smallest absolute Gasteiger partial charge is 0.329 e. The molecule has 0 radical (unpaired) electrons. The van der Waals surface area contributed by atoms with Gasteiger partial charge in [-0.2, -0.15) is 0 Å². The Hall–Kier alpha value is -2.12. The number of hydrogen-bond donors (Lipinski definition) is 0. The van der Waals surface area contributed by atoms with Crippen molar-refractivity contribution in [3.05, 3.63) is 34.7 Å². The van der Waals surface area contributed by atoms with Gasteiger partial charge >= 0.3 is 5.69 Å². The summed E-state index contributed by atoms with van der Waals surface area (Å²) in [4.78, 5) is 29.4. The largest absolute Gasteiger partial charge is 0.383 e. The number of aryl methyl sites for hydroxylation is 1. The van der Waals surface area contributed by atoms with Crippen LogP contribution in [0.4, 0.5) is 0 Å². The number of amides is 1. The molecule has 1 aromatic heterocycles. The molecule has 1 fully saturated rings.